The maximum atomic E-state index is 6.26. The molecule has 0 bridgehead atoms. The number of halogens is 1. The van der Waals surface area contributed by atoms with Gasteiger partial charge in [-0.25, -0.2) is 0 Å². The second-order valence-corrected chi connectivity index (χ2v) is 7.51. The first kappa shape index (κ1) is 14.9. The maximum Gasteiger partial charge on any atom is 0.181 e. The zero-order valence-corrected chi connectivity index (χ0v) is 14.1. The Balaban J connectivity index is 1.80. The van der Waals surface area contributed by atoms with Gasteiger partial charge in [-0.15, -0.1) is 11.3 Å². The van der Waals surface area contributed by atoms with E-state index in [1.165, 1.54) is 4.88 Å². The highest BCUT2D eigenvalue weighted by Gasteiger charge is 2.43. The largest absolute Gasteiger partial charge is 0.346 e. The molecule has 3 rings (SSSR count). The van der Waals surface area contributed by atoms with Crippen LogP contribution in [-0.2, 0) is 9.47 Å². The van der Waals surface area contributed by atoms with Gasteiger partial charge in [0.2, 0.25) is 0 Å². The number of hydrogen-bond donors (Lipinski definition) is 1. The highest BCUT2D eigenvalue weighted by atomic mass is 79.9. The van der Waals surface area contributed by atoms with Gasteiger partial charge < -0.3 is 15.2 Å². The van der Waals surface area contributed by atoms with Gasteiger partial charge in [0, 0.05) is 27.2 Å². The number of ether oxygens (including phenoxy) is 2. The van der Waals surface area contributed by atoms with Crippen LogP contribution in [0.3, 0.4) is 0 Å². The van der Waals surface area contributed by atoms with Crippen molar-refractivity contribution in [2.45, 2.75) is 37.6 Å². The molecule has 0 saturated carbocycles. The van der Waals surface area contributed by atoms with Crippen LogP contribution in [-0.4, -0.2) is 43.0 Å². The molecule has 2 fully saturated rings. The van der Waals surface area contributed by atoms with E-state index in [1.54, 1.807) is 11.3 Å². The van der Waals surface area contributed by atoms with E-state index in [0.717, 1.165) is 30.4 Å². The van der Waals surface area contributed by atoms with E-state index < -0.39 is 0 Å². The van der Waals surface area contributed by atoms with Gasteiger partial charge in [0.1, 0.15) is 0 Å². The normalized spacial score (nSPS) is 25.9. The molecule has 3 heterocycles. The molecule has 20 heavy (non-hydrogen) atoms. The highest BCUT2D eigenvalue weighted by Crippen LogP contribution is 2.37. The Bertz CT molecular complexity index is 460. The highest BCUT2D eigenvalue weighted by molar-refractivity contribution is 9.10. The summed E-state index contributed by atoms with van der Waals surface area (Å²) < 4.78 is 12.9. The van der Waals surface area contributed by atoms with E-state index in [-0.39, 0.29) is 17.9 Å². The van der Waals surface area contributed by atoms with Crippen LogP contribution >= 0.6 is 27.3 Å². The Morgan fingerprint density at radius 1 is 1.45 bits per heavy atom. The number of rotatable bonds is 3. The van der Waals surface area contributed by atoms with Gasteiger partial charge in [0.25, 0.3) is 0 Å². The zero-order chi connectivity index (χ0) is 14.2. The van der Waals surface area contributed by atoms with Crippen molar-refractivity contribution in [2.24, 2.45) is 5.73 Å². The molecule has 2 N–H and O–H groups in total. The lowest BCUT2D eigenvalue weighted by atomic mass is 9.99. The number of hydrogen-bond acceptors (Lipinski definition) is 5. The van der Waals surface area contributed by atoms with Gasteiger partial charge in [0.15, 0.2) is 5.79 Å². The molecule has 2 aliphatic rings. The quantitative estimate of drug-likeness (QED) is 0.900. The Labute approximate surface area is 132 Å². The topological polar surface area (TPSA) is 47.7 Å². The van der Waals surface area contributed by atoms with Gasteiger partial charge in [-0.1, -0.05) is 0 Å². The lowest BCUT2D eigenvalue weighted by Crippen LogP contribution is -2.52. The summed E-state index contributed by atoms with van der Waals surface area (Å²) in [5, 5.41) is 2.12. The van der Waals surface area contributed by atoms with E-state index in [1.807, 2.05) is 0 Å². The van der Waals surface area contributed by atoms with Crippen LogP contribution in [0.5, 0.6) is 0 Å². The molecule has 0 amide bonds. The Morgan fingerprint density at radius 2 is 2.20 bits per heavy atom. The fourth-order valence-electron chi connectivity index (χ4n) is 3.24. The predicted octanol–water partition coefficient (Wildman–Crippen LogP) is 2.74. The molecular weight excluding hydrogens is 340 g/mol. The van der Waals surface area contributed by atoms with Crippen LogP contribution in [0, 0.1) is 0 Å². The molecule has 4 nitrogen and oxygen atoms in total. The van der Waals surface area contributed by atoms with Crippen molar-refractivity contribution >= 4 is 27.3 Å². The molecule has 2 atom stereocenters. The van der Waals surface area contributed by atoms with E-state index in [9.17, 15) is 0 Å². The van der Waals surface area contributed by atoms with Crippen molar-refractivity contribution in [3.63, 3.8) is 0 Å². The van der Waals surface area contributed by atoms with Crippen LogP contribution in [0.2, 0.25) is 0 Å². The predicted molar refractivity (Wildman–Crippen MR) is 83.9 cm³/mol. The van der Waals surface area contributed by atoms with Crippen molar-refractivity contribution < 1.29 is 9.47 Å². The first-order valence-corrected chi connectivity index (χ1v) is 8.78. The number of likely N-dealkylation sites (tertiary alicyclic amines) is 1. The Morgan fingerprint density at radius 3 is 2.80 bits per heavy atom. The molecule has 2 unspecified atom stereocenters. The number of piperidine rings is 1. The first-order valence-electron chi connectivity index (χ1n) is 7.11. The van der Waals surface area contributed by atoms with Crippen molar-refractivity contribution in [3.05, 3.63) is 20.8 Å². The van der Waals surface area contributed by atoms with Crippen molar-refractivity contribution in [1.29, 1.82) is 0 Å². The van der Waals surface area contributed by atoms with E-state index >= 15 is 0 Å². The summed E-state index contributed by atoms with van der Waals surface area (Å²) in [5.41, 5.74) is 6.26. The minimum absolute atomic E-state index is 0.0807. The summed E-state index contributed by atoms with van der Waals surface area (Å²) in [5.74, 6) is -0.389. The van der Waals surface area contributed by atoms with Crippen molar-refractivity contribution in [3.8, 4) is 0 Å². The van der Waals surface area contributed by atoms with Crippen molar-refractivity contribution in [1.82, 2.24) is 4.90 Å². The average Bonchev–Trinajstić information content (AvgIpc) is 3.00. The minimum atomic E-state index is -0.389. The first-order chi connectivity index (χ1) is 9.60. The summed E-state index contributed by atoms with van der Waals surface area (Å²) in [6.07, 6.45) is 2.08. The third-order valence-corrected chi connectivity index (χ3v) is 5.80. The van der Waals surface area contributed by atoms with Crippen LogP contribution in [0.4, 0.5) is 0 Å². The van der Waals surface area contributed by atoms with E-state index in [0.29, 0.717) is 13.2 Å². The summed E-state index contributed by atoms with van der Waals surface area (Å²) in [7, 11) is 0. The zero-order valence-electron chi connectivity index (χ0n) is 11.7. The monoisotopic (exact) mass is 360 g/mol. The number of nitrogens with zero attached hydrogens (tertiary/aromatic N) is 1. The average molecular weight is 361 g/mol. The third kappa shape index (κ3) is 2.96. The Hall–Kier alpha value is 0.0200. The molecule has 0 aromatic carbocycles. The van der Waals surface area contributed by atoms with Crippen LogP contribution in [0.1, 0.15) is 30.7 Å². The van der Waals surface area contributed by atoms with Crippen LogP contribution in [0.15, 0.2) is 15.9 Å². The number of nitrogens with two attached hydrogens (primary N) is 1. The van der Waals surface area contributed by atoms with Gasteiger partial charge in [-0.05, 0) is 41.9 Å². The summed E-state index contributed by atoms with van der Waals surface area (Å²) in [6, 6.07) is 2.49. The third-order valence-electron chi connectivity index (χ3n) is 4.03. The molecule has 6 heteroatoms. The standard InChI is InChI=1S/C14H21BrN2O2S/c1-10(16)13(12-7-11(15)8-20-12)17-4-2-3-14(9-17)18-5-6-19-14/h7-8,10,13H,2-6,9,16H2,1H3. The van der Waals surface area contributed by atoms with E-state index in [2.05, 4.69) is 39.2 Å². The fraction of sp³-hybridized carbons (Fsp3) is 0.714. The molecular formula is C14H21BrN2O2S. The van der Waals surface area contributed by atoms with E-state index in [4.69, 9.17) is 15.2 Å². The summed E-state index contributed by atoms with van der Waals surface area (Å²) in [4.78, 5) is 3.74. The SMILES string of the molecule is CC(N)C(c1cc(Br)cs1)N1CCCC2(C1)OCCO2. The summed E-state index contributed by atoms with van der Waals surface area (Å²) in [6.45, 7) is 5.36. The smallest absolute Gasteiger partial charge is 0.181 e. The second-order valence-electron chi connectivity index (χ2n) is 5.65. The summed E-state index contributed by atoms with van der Waals surface area (Å²) >= 11 is 5.30. The minimum Gasteiger partial charge on any atom is -0.346 e. The van der Waals surface area contributed by atoms with Gasteiger partial charge >= 0.3 is 0 Å². The van der Waals surface area contributed by atoms with Gasteiger partial charge in [0.05, 0.1) is 25.8 Å². The molecule has 1 spiro atoms. The second kappa shape index (κ2) is 6.02. The molecule has 2 saturated heterocycles. The van der Waals surface area contributed by atoms with Crippen LogP contribution in [0.25, 0.3) is 0 Å². The molecule has 112 valence electrons. The molecule has 0 aliphatic carbocycles. The van der Waals surface area contributed by atoms with Crippen LogP contribution < -0.4 is 5.73 Å². The fourth-order valence-corrected chi connectivity index (χ4v) is 4.94. The lowest BCUT2D eigenvalue weighted by molar-refractivity contribution is -0.194. The molecule has 2 aliphatic heterocycles. The molecule has 1 aromatic heterocycles. The molecule has 0 radical (unpaired) electrons. The van der Waals surface area contributed by atoms with Gasteiger partial charge in [-0.3, -0.25) is 4.90 Å². The van der Waals surface area contributed by atoms with Gasteiger partial charge in [-0.2, -0.15) is 0 Å². The van der Waals surface area contributed by atoms with Crippen molar-refractivity contribution in [2.75, 3.05) is 26.3 Å². The number of thiophene rings is 1. The maximum absolute atomic E-state index is 6.26. The Kier molecular flexibility index (Phi) is 4.50. The molecule has 1 aromatic rings. The lowest BCUT2D eigenvalue weighted by Gasteiger charge is -2.43.